The van der Waals surface area contributed by atoms with Gasteiger partial charge < -0.3 is 0 Å². The maximum Gasteiger partial charge on any atom is 0.240 e. The van der Waals surface area contributed by atoms with E-state index >= 15 is 0 Å². The van der Waals surface area contributed by atoms with Crippen molar-refractivity contribution >= 4 is 70.6 Å². The Bertz CT molecular complexity index is 886. The van der Waals surface area contributed by atoms with E-state index in [4.69, 9.17) is 46.4 Å². The van der Waals surface area contributed by atoms with Crippen LogP contribution in [0.3, 0.4) is 0 Å². The van der Waals surface area contributed by atoms with Crippen molar-refractivity contribution in [3.63, 3.8) is 0 Å². The largest absolute Gasteiger partial charge is 0.273 e. The number of rotatable bonds is 9. The van der Waals surface area contributed by atoms with Gasteiger partial charge in [-0.1, -0.05) is 58.5 Å². The molecule has 2 amide bonds. The van der Waals surface area contributed by atoms with Crippen LogP contribution in [0, 0.1) is 0 Å². The first-order valence-electron chi connectivity index (χ1n) is 8.89. The number of hydrogen-bond donors (Lipinski definition) is 2. The van der Waals surface area contributed by atoms with E-state index in [1.807, 2.05) is 0 Å². The second-order valence-electron chi connectivity index (χ2n) is 6.13. The maximum absolute atomic E-state index is 11.8. The lowest BCUT2D eigenvalue weighted by Gasteiger charge is -2.02. The molecule has 0 saturated carbocycles. The minimum atomic E-state index is -0.257. The van der Waals surface area contributed by atoms with Crippen molar-refractivity contribution in [1.29, 1.82) is 0 Å². The van der Waals surface area contributed by atoms with E-state index in [-0.39, 0.29) is 24.7 Å². The Labute approximate surface area is 194 Å². The summed E-state index contributed by atoms with van der Waals surface area (Å²) in [4.78, 5) is 23.6. The van der Waals surface area contributed by atoms with E-state index < -0.39 is 0 Å². The Morgan fingerprint density at radius 1 is 0.733 bits per heavy atom. The monoisotopic (exact) mass is 486 g/mol. The number of unbranched alkanes of at least 4 members (excludes halogenated alkanes) is 1. The van der Waals surface area contributed by atoms with E-state index in [2.05, 4.69) is 21.1 Å². The molecule has 0 heterocycles. The third-order valence-corrected chi connectivity index (χ3v) is 4.89. The minimum Gasteiger partial charge on any atom is -0.273 e. The molecule has 2 aromatic rings. The molecule has 2 N–H and O–H groups in total. The fourth-order valence-corrected chi connectivity index (χ4v) is 3.16. The predicted octanol–water partition coefficient (Wildman–Crippen LogP) is 5.46. The van der Waals surface area contributed by atoms with Gasteiger partial charge in [0, 0.05) is 34.0 Å². The lowest BCUT2D eigenvalue weighted by atomic mass is 10.2. The predicted molar refractivity (Wildman–Crippen MR) is 123 cm³/mol. The van der Waals surface area contributed by atoms with Gasteiger partial charge in [0.2, 0.25) is 11.8 Å². The first-order valence-corrected chi connectivity index (χ1v) is 10.4. The van der Waals surface area contributed by atoms with E-state index in [0.717, 1.165) is 0 Å². The number of nitrogens with zero attached hydrogens (tertiary/aromatic N) is 2. The smallest absolute Gasteiger partial charge is 0.240 e. The molecule has 6 nitrogen and oxygen atoms in total. The number of carbonyl (C=O) groups is 2. The number of amides is 2. The molecule has 158 valence electrons. The zero-order valence-electron chi connectivity index (χ0n) is 15.7. The summed E-state index contributed by atoms with van der Waals surface area (Å²) in [5, 5.41) is 9.63. The highest BCUT2D eigenvalue weighted by Crippen LogP contribution is 2.20. The van der Waals surface area contributed by atoms with Crippen LogP contribution in [0.15, 0.2) is 46.6 Å². The molecule has 0 spiro atoms. The zero-order valence-corrected chi connectivity index (χ0v) is 18.7. The molecule has 0 aromatic heterocycles. The number of hydrazone groups is 2. The van der Waals surface area contributed by atoms with Gasteiger partial charge in [0.25, 0.3) is 0 Å². The fraction of sp³-hybridized carbons (Fsp3) is 0.200. The molecular formula is C20H18Cl4N4O2. The Morgan fingerprint density at radius 3 is 1.50 bits per heavy atom. The zero-order chi connectivity index (χ0) is 21.9. The third-order valence-electron chi connectivity index (χ3n) is 3.77. The van der Waals surface area contributed by atoms with Crippen LogP contribution in [0.25, 0.3) is 0 Å². The van der Waals surface area contributed by atoms with Crippen LogP contribution in [0.4, 0.5) is 0 Å². The molecule has 2 aromatic carbocycles. The van der Waals surface area contributed by atoms with Crippen molar-refractivity contribution in [2.45, 2.75) is 25.7 Å². The molecule has 0 saturated heterocycles. The molecule has 2 rings (SSSR count). The van der Waals surface area contributed by atoms with Crippen molar-refractivity contribution in [2.75, 3.05) is 0 Å². The van der Waals surface area contributed by atoms with Crippen LogP contribution in [0.1, 0.15) is 36.8 Å². The Kier molecular flexibility index (Phi) is 10.1. The lowest BCUT2D eigenvalue weighted by molar-refractivity contribution is -0.123. The Morgan fingerprint density at radius 2 is 1.13 bits per heavy atom. The number of hydrogen-bond acceptors (Lipinski definition) is 4. The third kappa shape index (κ3) is 8.71. The highest BCUT2D eigenvalue weighted by Gasteiger charge is 2.04. The van der Waals surface area contributed by atoms with Gasteiger partial charge in [-0.05, 0) is 37.1 Å². The highest BCUT2D eigenvalue weighted by atomic mass is 35.5. The summed E-state index contributed by atoms with van der Waals surface area (Å²) in [6.45, 7) is 0. The first kappa shape index (κ1) is 24.2. The summed E-state index contributed by atoms with van der Waals surface area (Å²) in [5.41, 5.74) is 6.11. The van der Waals surface area contributed by atoms with Gasteiger partial charge in [-0.15, -0.1) is 0 Å². The van der Waals surface area contributed by atoms with E-state index in [1.54, 1.807) is 36.4 Å². The molecule has 0 aliphatic carbocycles. The van der Waals surface area contributed by atoms with Crippen molar-refractivity contribution in [1.82, 2.24) is 10.9 Å². The topological polar surface area (TPSA) is 82.9 Å². The van der Waals surface area contributed by atoms with Gasteiger partial charge in [-0.3, -0.25) is 9.59 Å². The number of benzene rings is 2. The number of halogens is 4. The summed E-state index contributed by atoms with van der Waals surface area (Å²) >= 11 is 23.7. The van der Waals surface area contributed by atoms with Gasteiger partial charge in [-0.2, -0.15) is 10.2 Å². The summed E-state index contributed by atoms with van der Waals surface area (Å²) < 4.78 is 0. The molecule has 10 heteroatoms. The van der Waals surface area contributed by atoms with Crippen LogP contribution in [-0.4, -0.2) is 24.2 Å². The molecule has 0 fully saturated rings. The van der Waals surface area contributed by atoms with Gasteiger partial charge in [0.15, 0.2) is 0 Å². The minimum absolute atomic E-state index is 0.239. The van der Waals surface area contributed by atoms with Gasteiger partial charge in [-0.25, -0.2) is 10.9 Å². The van der Waals surface area contributed by atoms with Crippen LogP contribution in [0.2, 0.25) is 20.1 Å². The number of nitrogens with one attached hydrogen (secondary N) is 2. The summed E-state index contributed by atoms with van der Waals surface area (Å²) in [6.07, 6.45) is 4.42. The second-order valence-corrected chi connectivity index (χ2v) is 7.81. The summed E-state index contributed by atoms with van der Waals surface area (Å²) in [5.74, 6) is -0.515. The molecule has 0 aliphatic heterocycles. The van der Waals surface area contributed by atoms with E-state index in [1.165, 1.54) is 12.4 Å². The quantitative estimate of drug-likeness (QED) is 0.279. The molecule has 0 radical (unpaired) electrons. The van der Waals surface area contributed by atoms with Crippen LogP contribution in [0.5, 0.6) is 0 Å². The summed E-state index contributed by atoms with van der Waals surface area (Å²) in [6, 6.07) is 9.92. The van der Waals surface area contributed by atoms with Crippen molar-refractivity contribution < 1.29 is 9.59 Å². The normalized spacial score (nSPS) is 11.2. The molecule has 0 atom stereocenters. The SMILES string of the molecule is O=C(CCCCC(=O)N/N=C\c1ccc(Cl)cc1Cl)NN=Cc1ccc(Cl)cc1Cl. The Balaban J connectivity index is 1.63. The van der Waals surface area contributed by atoms with Crippen molar-refractivity contribution in [3.05, 3.63) is 67.6 Å². The molecule has 0 bridgehead atoms. The number of carbonyl (C=O) groups excluding carboxylic acids is 2. The average Bonchev–Trinajstić information content (AvgIpc) is 2.68. The summed E-state index contributed by atoms with van der Waals surface area (Å²) in [7, 11) is 0. The van der Waals surface area contributed by atoms with E-state index in [9.17, 15) is 9.59 Å². The molecule has 0 aliphatic rings. The second kappa shape index (κ2) is 12.5. The van der Waals surface area contributed by atoms with Crippen molar-refractivity contribution in [2.24, 2.45) is 10.2 Å². The standard InChI is InChI=1S/C20H18Cl4N4O2/c21-15-7-5-13(17(23)9-15)11-25-27-19(29)3-1-2-4-20(30)28-26-12-14-6-8-16(22)10-18(14)24/h5-12H,1-4H2,(H,27,29)(H,28,30)/b25-11-,26-12?. The lowest BCUT2D eigenvalue weighted by Crippen LogP contribution is -2.19. The fourth-order valence-electron chi connectivity index (χ4n) is 2.24. The first-order chi connectivity index (χ1) is 14.3. The average molecular weight is 488 g/mol. The molecule has 30 heavy (non-hydrogen) atoms. The van der Waals surface area contributed by atoms with Crippen molar-refractivity contribution in [3.8, 4) is 0 Å². The van der Waals surface area contributed by atoms with Gasteiger partial charge in [0.05, 0.1) is 22.5 Å². The van der Waals surface area contributed by atoms with Crippen LogP contribution < -0.4 is 10.9 Å². The van der Waals surface area contributed by atoms with Gasteiger partial charge in [0.1, 0.15) is 0 Å². The maximum atomic E-state index is 11.8. The Hall–Kier alpha value is -2.12. The molecular weight excluding hydrogens is 470 g/mol. The van der Waals surface area contributed by atoms with E-state index in [0.29, 0.717) is 44.1 Å². The van der Waals surface area contributed by atoms with Gasteiger partial charge >= 0.3 is 0 Å². The molecule has 0 unspecified atom stereocenters. The van der Waals surface area contributed by atoms with Crippen LogP contribution >= 0.6 is 46.4 Å². The van der Waals surface area contributed by atoms with Crippen LogP contribution in [-0.2, 0) is 9.59 Å². The highest BCUT2D eigenvalue weighted by molar-refractivity contribution is 6.36.